The van der Waals surface area contributed by atoms with Crippen molar-refractivity contribution in [2.75, 3.05) is 13.1 Å². The third kappa shape index (κ3) is 2.64. The Kier molecular flexibility index (Phi) is 3.98. The van der Waals surface area contributed by atoms with Gasteiger partial charge in [-0.05, 0) is 18.9 Å². The van der Waals surface area contributed by atoms with Crippen molar-refractivity contribution < 1.29 is 4.79 Å². The first-order chi connectivity index (χ1) is 10.6. The summed E-state index contributed by atoms with van der Waals surface area (Å²) in [5, 5.41) is 0.812. The standard InChI is InChI=1S/C17H21N3O2/c1-19-15-8-3-2-7-13(15)14(10-16(19)21)17(22)20-9-5-4-6-12(18)11-20/h2-3,7-8,10,12H,4-6,9,11,18H2,1H3. The summed E-state index contributed by atoms with van der Waals surface area (Å²) in [7, 11) is 1.72. The first-order valence-corrected chi connectivity index (χ1v) is 7.71. The largest absolute Gasteiger partial charge is 0.337 e. The van der Waals surface area contributed by atoms with Crippen LogP contribution in [0.4, 0.5) is 0 Å². The number of rotatable bonds is 1. The van der Waals surface area contributed by atoms with E-state index >= 15 is 0 Å². The van der Waals surface area contributed by atoms with Crippen LogP contribution >= 0.6 is 0 Å². The van der Waals surface area contributed by atoms with E-state index < -0.39 is 0 Å². The van der Waals surface area contributed by atoms with Gasteiger partial charge in [-0.15, -0.1) is 0 Å². The van der Waals surface area contributed by atoms with Gasteiger partial charge in [-0.3, -0.25) is 9.59 Å². The van der Waals surface area contributed by atoms with Crippen molar-refractivity contribution in [3.05, 3.63) is 46.2 Å². The molecule has 116 valence electrons. The highest BCUT2D eigenvalue weighted by Crippen LogP contribution is 2.19. The Bertz CT molecular complexity index is 766. The number of nitrogens with two attached hydrogens (primary N) is 1. The predicted molar refractivity (Wildman–Crippen MR) is 86.9 cm³/mol. The quantitative estimate of drug-likeness (QED) is 0.867. The van der Waals surface area contributed by atoms with E-state index in [0.29, 0.717) is 18.7 Å². The summed E-state index contributed by atoms with van der Waals surface area (Å²) in [6.45, 7) is 1.26. The van der Waals surface area contributed by atoms with Gasteiger partial charge in [-0.2, -0.15) is 0 Å². The number of para-hydroxylation sites is 1. The minimum absolute atomic E-state index is 0.0178. The topological polar surface area (TPSA) is 68.3 Å². The minimum atomic E-state index is -0.166. The number of aryl methyl sites for hydroxylation is 1. The molecule has 1 saturated heterocycles. The number of carbonyl (C=O) groups is 1. The third-order valence-corrected chi connectivity index (χ3v) is 4.38. The summed E-state index contributed by atoms with van der Waals surface area (Å²) >= 11 is 0. The molecule has 5 heteroatoms. The van der Waals surface area contributed by atoms with Crippen LogP contribution in [-0.2, 0) is 7.05 Å². The molecule has 1 unspecified atom stereocenters. The van der Waals surface area contributed by atoms with Crippen LogP contribution in [0.25, 0.3) is 10.9 Å². The highest BCUT2D eigenvalue weighted by atomic mass is 16.2. The molecule has 5 nitrogen and oxygen atoms in total. The van der Waals surface area contributed by atoms with Crippen LogP contribution in [0, 0.1) is 0 Å². The van der Waals surface area contributed by atoms with Gasteiger partial charge in [0.1, 0.15) is 0 Å². The van der Waals surface area contributed by atoms with Gasteiger partial charge in [-0.25, -0.2) is 0 Å². The molecule has 0 spiro atoms. The minimum Gasteiger partial charge on any atom is -0.337 e. The molecule has 2 aromatic rings. The zero-order valence-corrected chi connectivity index (χ0v) is 12.8. The number of pyridine rings is 1. The van der Waals surface area contributed by atoms with E-state index in [-0.39, 0.29) is 17.5 Å². The number of nitrogens with zero attached hydrogens (tertiary/aromatic N) is 2. The Morgan fingerprint density at radius 3 is 2.86 bits per heavy atom. The molecule has 0 radical (unpaired) electrons. The lowest BCUT2D eigenvalue weighted by molar-refractivity contribution is 0.0757. The molecule has 1 aliphatic heterocycles. The highest BCUT2D eigenvalue weighted by Gasteiger charge is 2.23. The van der Waals surface area contributed by atoms with Gasteiger partial charge in [0.2, 0.25) is 0 Å². The highest BCUT2D eigenvalue weighted by molar-refractivity contribution is 6.06. The van der Waals surface area contributed by atoms with Crippen LogP contribution in [0.2, 0.25) is 0 Å². The van der Waals surface area contributed by atoms with Crippen LogP contribution < -0.4 is 11.3 Å². The smallest absolute Gasteiger partial charge is 0.254 e. The van der Waals surface area contributed by atoms with Gasteiger partial charge >= 0.3 is 0 Å². The van der Waals surface area contributed by atoms with Crippen molar-refractivity contribution in [2.24, 2.45) is 12.8 Å². The van der Waals surface area contributed by atoms with Gasteiger partial charge in [0, 0.05) is 37.6 Å². The zero-order chi connectivity index (χ0) is 15.7. The number of hydrogen-bond donors (Lipinski definition) is 1. The average Bonchev–Trinajstić information content (AvgIpc) is 2.75. The lowest BCUT2D eigenvalue weighted by Crippen LogP contribution is -2.40. The number of likely N-dealkylation sites (tertiary alicyclic amines) is 1. The van der Waals surface area contributed by atoms with E-state index in [2.05, 4.69) is 0 Å². The van der Waals surface area contributed by atoms with Crippen molar-refractivity contribution in [2.45, 2.75) is 25.3 Å². The van der Waals surface area contributed by atoms with Gasteiger partial charge in [0.25, 0.3) is 11.5 Å². The molecule has 0 aliphatic carbocycles. The van der Waals surface area contributed by atoms with Crippen molar-refractivity contribution in [3.8, 4) is 0 Å². The number of aromatic nitrogens is 1. The van der Waals surface area contributed by atoms with E-state index in [1.807, 2.05) is 24.3 Å². The van der Waals surface area contributed by atoms with E-state index in [0.717, 1.165) is 30.2 Å². The molecule has 1 aliphatic rings. The van der Waals surface area contributed by atoms with Crippen molar-refractivity contribution in [1.29, 1.82) is 0 Å². The molecule has 2 heterocycles. The first kappa shape index (κ1) is 14.8. The van der Waals surface area contributed by atoms with E-state index in [1.165, 1.54) is 6.07 Å². The fraction of sp³-hybridized carbons (Fsp3) is 0.412. The number of fused-ring (bicyclic) bond motifs is 1. The van der Waals surface area contributed by atoms with E-state index in [9.17, 15) is 9.59 Å². The van der Waals surface area contributed by atoms with Crippen LogP contribution in [0.15, 0.2) is 35.1 Å². The Balaban J connectivity index is 2.07. The van der Waals surface area contributed by atoms with Crippen LogP contribution in [-0.4, -0.2) is 34.5 Å². The summed E-state index contributed by atoms with van der Waals surface area (Å²) in [6.07, 6.45) is 2.95. The first-order valence-electron chi connectivity index (χ1n) is 7.71. The number of amides is 1. The average molecular weight is 299 g/mol. The van der Waals surface area contributed by atoms with E-state index in [1.54, 1.807) is 16.5 Å². The lowest BCUT2D eigenvalue weighted by Gasteiger charge is -2.23. The molecule has 1 amide bonds. The molecular weight excluding hydrogens is 278 g/mol. The maximum Gasteiger partial charge on any atom is 0.254 e. The monoisotopic (exact) mass is 299 g/mol. The summed E-state index contributed by atoms with van der Waals surface area (Å²) in [4.78, 5) is 26.8. The summed E-state index contributed by atoms with van der Waals surface area (Å²) in [6, 6.07) is 8.97. The Hall–Kier alpha value is -2.14. The van der Waals surface area contributed by atoms with Crippen molar-refractivity contribution >= 4 is 16.8 Å². The lowest BCUT2D eigenvalue weighted by atomic mass is 10.1. The molecular formula is C17H21N3O2. The number of hydrogen-bond acceptors (Lipinski definition) is 3. The summed E-state index contributed by atoms with van der Waals surface area (Å²) < 4.78 is 1.57. The number of benzene rings is 1. The summed E-state index contributed by atoms with van der Waals surface area (Å²) in [5.74, 6) is -0.0914. The Morgan fingerprint density at radius 2 is 2.05 bits per heavy atom. The number of carbonyl (C=O) groups excluding carboxylic acids is 1. The third-order valence-electron chi connectivity index (χ3n) is 4.38. The molecule has 3 rings (SSSR count). The van der Waals surface area contributed by atoms with Crippen molar-refractivity contribution in [1.82, 2.24) is 9.47 Å². The molecule has 1 fully saturated rings. The van der Waals surface area contributed by atoms with Gasteiger partial charge < -0.3 is 15.2 Å². The fourth-order valence-corrected chi connectivity index (χ4v) is 3.12. The van der Waals surface area contributed by atoms with Gasteiger partial charge in [0.05, 0.1) is 11.1 Å². The second-order valence-electron chi connectivity index (χ2n) is 5.98. The van der Waals surface area contributed by atoms with Crippen molar-refractivity contribution in [3.63, 3.8) is 0 Å². The fourth-order valence-electron chi connectivity index (χ4n) is 3.12. The zero-order valence-electron chi connectivity index (χ0n) is 12.8. The van der Waals surface area contributed by atoms with Crippen LogP contribution in [0.5, 0.6) is 0 Å². The second-order valence-corrected chi connectivity index (χ2v) is 5.98. The van der Waals surface area contributed by atoms with Gasteiger partial charge in [0.15, 0.2) is 0 Å². The molecule has 1 aromatic heterocycles. The molecule has 1 atom stereocenters. The second kappa shape index (κ2) is 5.93. The SMILES string of the molecule is Cn1c(=O)cc(C(=O)N2CCCCC(N)C2)c2ccccc21. The molecule has 22 heavy (non-hydrogen) atoms. The van der Waals surface area contributed by atoms with Crippen LogP contribution in [0.1, 0.15) is 29.6 Å². The van der Waals surface area contributed by atoms with Crippen LogP contribution in [0.3, 0.4) is 0 Å². The molecule has 2 N–H and O–H groups in total. The van der Waals surface area contributed by atoms with Gasteiger partial charge in [-0.1, -0.05) is 24.6 Å². The Labute approximate surface area is 129 Å². The summed E-state index contributed by atoms with van der Waals surface area (Å²) in [5.41, 5.74) is 7.14. The molecule has 0 bridgehead atoms. The Morgan fingerprint density at radius 1 is 1.27 bits per heavy atom. The molecule has 0 saturated carbocycles. The molecule has 1 aromatic carbocycles. The normalized spacial score (nSPS) is 19.2. The maximum atomic E-state index is 12.9. The van der Waals surface area contributed by atoms with E-state index in [4.69, 9.17) is 5.73 Å². The predicted octanol–water partition coefficient (Wildman–Crippen LogP) is 1.49. The maximum absolute atomic E-state index is 12.9.